The van der Waals surface area contributed by atoms with E-state index >= 15 is 0 Å². The van der Waals surface area contributed by atoms with E-state index in [4.69, 9.17) is 0 Å². The number of amides is 2. The van der Waals surface area contributed by atoms with Crippen LogP contribution in [0.15, 0.2) is 46.3 Å². The van der Waals surface area contributed by atoms with E-state index in [9.17, 15) is 9.59 Å². The highest BCUT2D eigenvalue weighted by atomic mass is 16.2. The maximum absolute atomic E-state index is 12.0. The minimum absolute atomic E-state index is 0.00991. The Morgan fingerprint density at radius 1 is 1.30 bits per heavy atom. The van der Waals surface area contributed by atoms with Gasteiger partial charge in [-0.25, -0.2) is 0 Å². The van der Waals surface area contributed by atoms with Crippen molar-refractivity contribution in [2.45, 2.75) is 31.3 Å². The summed E-state index contributed by atoms with van der Waals surface area (Å²) in [5, 5.41) is 10.5. The number of nitrogens with one attached hydrogen (secondary N) is 1. The van der Waals surface area contributed by atoms with Crippen molar-refractivity contribution in [1.82, 2.24) is 10.3 Å². The van der Waals surface area contributed by atoms with Crippen molar-refractivity contribution in [3.8, 4) is 0 Å². The zero-order valence-electron chi connectivity index (χ0n) is 10.8. The van der Waals surface area contributed by atoms with Gasteiger partial charge in [-0.15, -0.1) is 5.11 Å². The van der Waals surface area contributed by atoms with Crippen LogP contribution in [0, 0.1) is 0 Å². The van der Waals surface area contributed by atoms with Crippen molar-refractivity contribution in [2.75, 3.05) is 0 Å². The van der Waals surface area contributed by atoms with Gasteiger partial charge in [-0.2, -0.15) is 5.11 Å². The Morgan fingerprint density at radius 2 is 2.20 bits per heavy atom. The highest BCUT2D eigenvalue weighted by Crippen LogP contribution is 2.29. The number of hydrogen-bond donors (Lipinski definition) is 1. The molecule has 1 aromatic heterocycles. The number of rotatable bonds is 2. The van der Waals surface area contributed by atoms with Crippen molar-refractivity contribution in [1.29, 1.82) is 0 Å². The molecule has 0 saturated heterocycles. The molecule has 6 heteroatoms. The Kier molecular flexibility index (Phi) is 3.37. The molecular formula is C14H14N4O2. The molecule has 2 amide bonds. The maximum Gasteiger partial charge on any atom is 0.287 e. The van der Waals surface area contributed by atoms with Crippen molar-refractivity contribution < 1.29 is 9.59 Å². The molecule has 1 fully saturated rings. The minimum Gasteiger partial charge on any atom is -0.348 e. The number of aromatic nitrogens is 1. The summed E-state index contributed by atoms with van der Waals surface area (Å²) in [4.78, 5) is 27.3. The Hall–Kier alpha value is -2.37. The van der Waals surface area contributed by atoms with Gasteiger partial charge in [0, 0.05) is 18.3 Å². The van der Waals surface area contributed by atoms with Crippen molar-refractivity contribution in [2.24, 2.45) is 10.2 Å². The Balaban J connectivity index is 1.65. The highest BCUT2D eigenvalue weighted by molar-refractivity contribution is 5.92. The van der Waals surface area contributed by atoms with Gasteiger partial charge in [0.25, 0.3) is 11.8 Å². The predicted molar refractivity (Wildman–Crippen MR) is 71.1 cm³/mol. The van der Waals surface area contributed by atoms with E-state index in [0.717, 1.165) is 18.4 Å². The smallest absolute Gasteiger partial charge is 0.287 e. The van der Waals surface area contributed by atoms with E-state index in [1.807, 2.05) is 0 Å². The fourth-order valence-corrected chi connectivity index (χ4v) is 2.55. The van der Waals surface area contributed by atoms with Crippen LogP contribution in [0.25, 0.3) is 0 Å². The molecule has 0 aromatic carbocycles. The molecule has 2 unspecified atom stereocenters. The molecule has 6 nitrogen and oxygen atoms in total. The van der Waals surface area contributed by atoms with Crippen LogP contribution < -0.4 is 5.32 Å². The van der Waals surface area contributed by atoms with Crippen molar-refractivity contribution >= 4 is 11.8 Å². The molecule has 102 valence electrons. The van der Waals surface area contributed by atoms with Crippen molar-refractivity contribution in [3.63, 3.8) is 0 Å². The van der Waals surface area contributed by atoms with Gasteiger partial charge in [-0.05, 0) is 37.0 Å². The summed E-state index contributed by atoms with van der Waals surface area (Å²) < 4.78 is 0. The Labute approximate surface area is 116 Å². The van der Waals surface area contributed by atoms with Gasteiger partial charge in [0.05, 0.1) is 6.04 Å². The van der Waals surface area contributed by atoms with Crippen LogP contribution in [0.1, 0.15) is 29.8 Å². The van der Waals surface area contributed by atoms with E-state index in [2.05, 4.69) is 20.5 Å². The third-order valence-corrected chi connectivity index (χ3v) is 3.54. The Morgan fingerprint density at radius 3 is 3.00 bits per heavy atom. The van der Waals surface area contributed by atoms with Crippen molar-refractivity contribution in [3.05, 3.63) is 41.7 Å². The average molecular weight is 270 g/mol. The van der Waals surface area contributed by atoms with Gasteiger partial charge >= 0.3 is 0 Å². The number of nitrogens with zero attached hydrogens (tertiary/aromatic N) is 3. The Bertz CT molecular complexity index is 594. The molecule has 1 saturated carbocycles. The number of hydrogen-bond acceptors (Lipinski definition) is 4. The van der Waals surface area contributed by atoms with E-state index in [1.165, 1.54) is 6.08 Å². The summed E-state index contributed by atoms with van der Waals surface area (Å²) in [7, 11) is 0. The molecular weight excluding hydrogens is 256 g/mol. The first kappa shape index (κ1) is 12.7. The molecule has 1 aromatic rings. The number of carbonyl (C=O) groups excluding carboxylic acids is 2. The number of fused-ring (bicyclic) bond motifs is 1. The summed E-state index contributed by atoms with van der Waals surface area (Å²) >= 11 is 0. The third-order valence-electron chi connectivity index (χ3n) is 3.54. The van der Waals surface area contributed by atoms with E-state index in [-0.39, 0.29) is 23.9 Å². The lowest BCUT2D eigenvalue weighted by Gasteiger charge is -2.29. The first-order valence-corrected chi connectivity index (χ1v) is 6.59. The topological polar surface area (TPSA) is 83.8 Å². The SMILES string of the molecule is O=C1C=C2CC(NC(=O)c3ccccn3)CCC2N=N1. The second-order valence-electron chi connectivity index (χ2n) is 4.96. The first-order valence-electron chi connectivity index (χ1n) is 6.59. The fourth-order valence-electron chi connectivity index (χ4n) is 2.55. The van der Waals surface area contributed by atoms with E-state index in [0.29, 0.717) is 12.1 Å². The quantitative estimate of drug-likeness (QED) is 0.886. The van der Waals surface area contributed by atoms with Crippen LogP contribution in [0.2, 0.25) is 0 Å². The number of carbonyl (C=O) groups is 2. The molecule has 2 aliphatic rings. The summed E-state index contributed by atoms with van der Waals surface area (Å²) in [5.41, 5.74) is 1.37. The second kappa shape index (κ2) is 5.32. The average Bonchev–Trinajstić information content (AvgIpc) is 2.47. The molecule has 1 aliphatic carbocycles. The summed E-state index contributed by atoms with van der Waals surface area (Å²) in [6, 6.07) is 5.26. The first-order chi connectivity index (χ1) is 9.72. The van der Waals surface area contributed by atoms with Gasteiger partial charge in [0.2, 0.25) is 0 Å². The number of pyridine rings is 1. The van der Waals surface area contributed by atoms with Crippen LogP contribution in [-0.4, -0.2) is 28.9 Å². The molecule has 2 heterocycles. The second-order valence-corrected chi connectivity index (χ2v) is 4.96. The van der Waals surface area contributed by atoms with Gasteiger partial charge in [-0.3, -0.25) is 14.6 Å². The van der Waals surface area contributed by atoms with Gasteiger partial charge in [-0.1, -0.05) is 6.07 Å². The molecule has 0 spiro atoms. The fraction of sp³-hybridized carbons (Fsp3) is 0.357. The van der Waals surface area contributed by atoms with Gasteiger partial charge < -0.3 is 5.32 Å². The molecule has 0 bridgehead atoms. The summed E-state index contributed by atoms with van der Waals surface area (Å²) in [6.45, 7) is 0. The lowest BCUT2D eigenvalue weighted by molar-refractivity contribution is -0.114. The summed E-state index contributed by atoms with van der Waals surface area (Å²) in [6.07, 6.45) is 5.41. The van der Waals surface area contributed by atoms with Crippen LogP contribution in [0.4, 0.5) is 0 Å². The van der Waals surface area contributed by atoms with Gasteiger partial charge in [0.1, 0.15) is 5.69 Å². The van der Waals surface area contributed by atoms with Crippen LogP contribution >= 0.6 is 0 Å². The van der Waals surface area contributed by atoms with Crippen LogP contribution in [-0.2, 0) is 4.79 Å². The maximum atomic E-state index is 12.0. The van der Waals surface area contributed by atoms with E-state index in [1.54, 1.807) is 24.4 Å². The summed E-state index contributed by atoms with van der Waals surface area (Å²) in [5.74, 6) is -0.494. The number of azo groups is 1. The molecule has 1 N–H and O–H groups in total. The largest absolute Gasteiger partial charge is 0.348 e. The zero-order chi connectivity index (χ0) is 13.9. The molecule has 20 heavy (non-hydrogen) atoms. The van der Waals surface area contributed by atoms with E-state index < -0.39 is 0 Å². The monoisotopic (exact) mass is 270 g/mol. The molecule has 1 aliphatic heterocycles. The molecule has 3 rings (SSSR count). The highest BCUT2D eigenvalue weighted by Gasteiger charge is 2.29. The standard InChI is InChI=1S/C14H14N4O2/c19-13-8-9-7-10(4-5-11(9)17-18-13)16-14(20)12-3-1-2-6-15-12/h1-3,6,8,10-11H,4-5,7H2,(H,16,20). The zero-order valence-corrected chi connectivity index (χ0v) is 10.8. The van der Waals surface area contributed by atoms with Crippen LogP contribution in [0.5, 0.6) is 0 Å². The van der Waals surface area contributed by atoms with Crippen LogP contribution in [0.3, 0.4) is 0 Å². The lowest BCUT2D eigenvalue weighted by Crippen LogP contribution is -2.40. The van der Waals surface area contributed by atoms with Gasteiger partial charge in [0.15, 0.2) is 0 Å². The molecule has 2 atom stereocenters. The minimum atomic E-state index is -0.312. The normalized spacial score (nSPS) is 24.8. The molecule has 0 radical (unpaired) electrons. The predicted octanol–water partition coefficient (Wildman–Crippen LogP) is 1.65. The third kappa shape index (κ3) is 2.64. The lowest BCUT2D eigenvalue weighted by atomic mass is 9.86.